The molecule has 1 aliphatic heterocycles. The van der Waals surface area contributed by atoms with Crippen LogP contribution in [0.4, 0.5) is 5.69 Å². The number of rotatable bonds is 7. The Morgan fingerprint density at radius 3 is 2.62 bits per heavy atom. The number of anilines is 1. The van der Waals surface area contributed by atoms with Crippen LogP contribution in [0.1, 0.15) is 22.3 Å². The maximum Gasteiger partial charge on any atom is 0.308 e. The number of benzene rings is 2. The van der Waals surface area contributed by atoms with Crippen molar-refractivity contribution in [3.63, 3.8) is 0 Å². The molecule has 0 saturated carbocycles. The van der Waals surface area contributed by atoms with Gasteiger partial charge in [0.1, 0.15) is 0 Å². The highest BCUT2D eigenvalue weighted by atomic mass is 32.2. The largest absolute Gasteiger partial charge is 0.456 e. The summed E-state index contributed by atoms with van der Waals surface area (Å²) in [6.07, 6.45) is 1.84. The van der Waals surface area contributed by atoms with Crippen LogP contribution >= 0.6 is 11.8 Å². The van der Waals surface area contributed by atoms with Crippen LogP contribution in [0.5, 0.6) is 0 Å². The van der Waals surface area contributed by atoms with Crippen LogP contribution in [0.3, 0.4) is 0 Å². The third kappa shape index (κ3) is 5.03. The van der Waals surface area contributed by atoms with E-state index in [9.17, 15) is 19.2 Å². The van der Waals surface area contributed by atoms with Crippen molar-refractivity contribution >= 4 is 41.1 Å². The maximum absolute atomic E-state index is 12.5. The quantitative estimate of drug-likeness (QED) is 0.427. The number of carbonyl (C=O) groups excluding carboxylic acids is 4. The first-order valence-corrected chi connectivity index (χ1v) is 10.2. The van der Waals surface area contributed by atoms with Crippen molar-refractivity contribution in [2.45, 2.75) is 17.7 Å². The van der Waals surface area contributed by atoms with Crippen molar-refractivity contribution in [1.82, 2.24) is 4.90 Å². The molecule has 3 rings (SSSR count). The van der Waals surface area contributed by atoms with Gasteiger partial charge in [0.05, 0.1) is 18.5 Å². The highest BCUT2D eigenvalue weighted by Crippen LogP contribution is 2.24. The van der Waals surface area contributed by atoms with Gasteiger partial charge >= 0.3 is 5.97 Å². The highest BCUT2D eigenvalue weighted by Gasteiger charge is 2.30. The summed E-state index contributed by atoms with van der Waals surface area (Å²) < 4.78 is 4.97. The Hall–Kier alpha value is -3.13. The first-order valence-electron chi connectivity index (χ1n) is 9.00. The Bertz CT molecular complexity index is 960. The van der Waals surface area contributed by atoms with Crippen molar-refractivity contribution in [2.24, 2.45) is 0 Å². The summed E-state index contributed by atoms with van der Waals surface area (Å²) in [5, 5.41) is 2.69. The molecule has 0 atom stereocenters. The number of nitrogens with zero attached hydrogens (tertiary/aromatic N) is 1. The molecule has 150 valence electrons. The second-order valence-corrected chi connectivity index (χ2v) is 7.19. The second-order valence-electron chi connectivity index (χ2n) is 6.34. The lowest BCUT2D eigenvalue weighted by Crippen LogP contribution is -2.43. The van der Waals surface area contributed by atoms with E-state index in [1.807, 2.05) is 18.4 Å². The topological polar surface area (TPSA) is 92.8 Å². The number of hydrogen-bond donors (Lipinski definition) is 1. The molecular formula is C21H20N2O5S. The fraction of sp³-hybridized carbons (Fsp3) is 0.238. The van der Waals surface area contributed by atoms with Crippen molar-refractivity contribution < 1.29 is 23.9 Å². The number of carbonyl (C=O) groups is 4. The van der Waals surface area contributed by atoms with E-state index in [0.29, 0.717) is 16.8 Å². The lowest BCUT2D eigenvalue weighted by Gasteiger charge is -2.26. The van der Waals surface area contributed by atoms with Crippen LogP contribution in [0.25, 0.3) is 0 Å². The van der Waals surface area contributed by atoms with Gasteiger partial charge in [0.15, 0.2) is 6.61 Å². The van der Waals surface area contributed by atoms with Gasteiger partial charge in [-0.05, 0) is 30.0 Å². The van der Waals surface area contributed by atoms with Gasteiger partial charge in [-0.15, -0.1) is 11.8 Å². The first-order chi connectivity index (χ1) is 14.0. The zero-order valence-corrected chi connectivity index (χ0v) is 16.7. The average molecular weight is 412 g/mol. The molecule has 0 saturated heterocycles. The van der Waals surface area contributed by atoms with Crippen molar-refractivity contribution in [2.75, 3.05) is 24.7 Å². The summed E-state index contributed by atoms with van der Waals surface area (Å²) in [4.78, 5) is 50.6. The number of thioether (sulfide) groups is 1. The molecule has 1 aliphatic rings. The smallest absolute Gasteiger partial charge is 0.308 e. The monoisotopic (exact) mass is 412 g/mol. The molecule has 2 aromatic carbocycles. The van der Waals surface area contributed by atoms with E-state index in [4.69, 9.17) is 4.74 Å². The number of para-hydroxylation sites is 1. The molecule has 3 amide bonds. The Balaban J connectivity index is 1.48. The summed E-state index contributed by atoms with van der Waals surface area (Å²) in [5.41, 5.74) is 1.79. The molecule has 0 fully saturated rings. The molecule has 0 radical (unpaired) electrons. The molecule has 8 heteroatoms. The predicted molar refractivity (Wildman–Crippen MR) is 109 cm³/mol. The normalized spacial score (nSPS) is 13.1. The third-order valence-corrected chi connectivity index (χ3v) is 5.22. The molecule has 0 aromatic heterocycles. The summed E-state index contributed by atoms with van der Waals surface area (Å²) in [6.45, 7) is -0.520. The number of esters is 1. The van der Waals surface area contributed by atoms with Gasteiger partial charge in [0.2, 0.25) is 5.91 Å². The fourth-order valence-electron chi connectivity index (χ4n) is 2.98. The molecule has 0 unspecified atom stereocenters. The van der Waals surface area contributed by atoms with Gasteiger partial charge in [-0.3, -0.25) is 24.1 Å². The minimum atomic E-state index is -0.655. The summed E-state index contributed by atoms with van der Waals surface area (Å²) in [5.74, 6) is -1.89. The van der Waals surface area contributed by atoms with Crippen LogP contribution in [-0.4, -0.2) is 48.0 Å². The second kappa shape index (κ2) is 9.38. The van der Waals surface area contributed by atoms with Crippen molar-refractivity contribution in [1.29, 1.82) is 0 Å². The van der Waals surface area contributed by atoms with Crippen LogP contribution in [0, 0.1) is 0 Å². The number of fused-ring (bicyclic) bond motifs is 1. The van der Waals surface area contributed by atoms with E-state index in [-0.39, 0.29) is 25.3 Å². The number of ether oxygens (including phenoxy) is 1. The molecule has 7 nitrogen and oxygen atoms in total. The van der Waals surface area contributed by atoms with E-state index in [0.717, 1.165) is 9.80 Å². The molecule has 29 heavy (non-hydrogen) atoms. The van der Waals surface area contributed by atoms with Gasteiger partial charge in [0.25, 0.3) is 11.8 Å². The zero-order chi connectivity index (χ0) is 20.8. The summed E-state index contributed by atoms with van der Waals surface area (Å²) >= 11 is 1.49. The molecule has 1 N–H and O–H groups in total. The average Bonchev–Trinajstić information content (AvgIpc) is 2.72. The highest BCUT2D eigenvalue weighted by molar-refractivity contribution is 7.98. The van der Waals surface area contributed by atoms with E-state index < -0.39 is 24.4 Å². The van der Waals surface area contributed by atoms with Gasteiger partial charge < -0.3 is 10.1 Å². The number of nitrogens with one attached hydrogen (secondary N) is 1. The Labute approximate surface area is 172 Å². The number of amides is 3. The van der Waals surface area contributed by atoms with E-state index in [1.54, 1.807) is 36.4 Å². The molecule has 2 aromatic rings. The van der Waals surface area contributed by atoms with Gasteiger partial charge in [-0.25, -0.2) is 0 Å². The van der Waals surface area contributed by atoms with Crippen molar-refractivity contribution in [3.8, 4) is 0 Å². The lowest BCUT2D eigenvalue weighted by atomic mass is 9.98. The minimum Gasteiger partial charge on any atom is -0.456 e. The lowest BCUT2D eigenvalue weighted by molar-refractivity contribution is -0.147. The molecular weight excluding hydrogens is 392 g/mol. The minimum absolute atomic E-state index is 0.0816. The van der Waals surface area contributed by atoms with E-state index >= 15 is 0 Å². The van der Waals surface area contributed by atoms with E-state index in [1.165, 1.54) is 11.8 Å². The zero-order valence-electron chi connectivity index (χ0n) is 15.8. The molecule has 0 aliphatic carbocycles. The maximum atomic E-state index is 12.5. The Morgan fingerprint density at radius 1 is 1.10 bits per heavy atom. The Kier molecular flexibility index (Phi) is 6.66. The van der Waals surface area contributed by atoms with Crippen molar-refractivity contribution in [3.05, 3.63) is 59.7 Å². The number of imide groups is 1. The molecule has 0 spiro atoms. The summed E-state index contributed by atoms with van der Waals surface area (Å²) in [6, 6.07) is 14.2. The summed E-state index contributed by atoms with van der Waals surface area (Å²) in [7, 11) is 0. The first kappa shape index (κ1) is 20.6. The van der Waals surface area contributed by atoms with Crippen LogP contribution < -0.4 is 5.32 Å². The van der Waals surface area contributed by atoms with E-state index in [2.05, 4.69) is 5.32 Å². The fourth-order valence-corrected chi connectivity index (χ4v) is 3.54. The number of hydrogen-bond acceptors (Lipinski definition) is 6. The Morgan fingerprint density at radius 2 is 1.83 bits per heavy atom. The van der Waals surface area contributed by atoms with Gasteiger partial charge in [-0.2, -0.15) is 0 Å². The predicted octanol–water partition coefficient (Wildman–Crippen LogP) is 2.51. The van der Waals surface area contributed by atoms with Gasteiger partial charge in [0, 0.05) is 17.0 Å². The van der Waals surface area contributed by atoms with Crippen LogP contribution in [-0.2, 0) is 25.5 Å². The molecule has 1 heterocycles. The van der Waals surface area contributed by atoms with Gasteiger partial charge in [-0.1, -0.05) is 30.3 Å². The van der Waals surface area contributed by atoms with Crippen LogP contribution in [0.15, 0.2) is 53.4 Å². The molecule has 0 bridgehead atoms. The van der Waals surface area contributed by atoms with Crippen LogP contribution in [0.2, 0.25) is 0 Å². The SMILES string of the molecule is CSc1ccccc1NC(=O)COC(=O)CCN1C(=O)Cc2ccccc2C1=O. The third-order valence-electron chi connectivity index (χ3n) is 4.42. The standard InChI is InChI=1S/C21H20N2O5S/c1-29-17-9-5-4-8-16(17)22-18(24)13-28-20(26)10-11-23-19(25)12-14-6-2-3-7-15(14)21(23)27/h2-9H,10-13H2,1H3,(H,22,24).